The van der Waals surface area contributed by atoms with Gasteiger partial charge in [-0.2, -0.15) is 11.8 Å². The Morgan fingerprint density at radius 1 is 1.46 bits per heavy atom. The highest BCUT2D eigenvalue weighted by Crippen LogP contribution is 2.09. The molecule has 4 heteroatoms. The Balaban J connectivity index is 2.91. The summed E-state index contributed by atoms with van der Waals surface area (Å²) in [5, 5.41) is 9.27. The molecule has 0 aliphatic rings. The summed E-state index contributed by atoms with van der Waals surface area (Å²) < 4.78 is 4.98. The van der Waals surface area contributed by atoms with Gasteiger partial charge in [-0.3, -0.25) is 0 Å². The van der Waals surface area contributed by atoms with Crippen molar-refractivity contribution >= 4 is 21.5 Å². The first-order chi connectivity index (χ1) is 6.31. The molecule has 78 valence electrons. The van der Waals surface area contributed by atoms with Gasteiger partial charge in [0.1, 0.15) is 0 Å². The van der Waals surface area contributed by atoms with Crippen LogP contribution in [0.4, 0.5) is 0 Å². The molecule has 0 saturated carbocycles. The molecule has 0 rings (SSSR count). The lowest BCUT2D eigenvalue weighted by atomic mass is 10.2. The summed E-state index contributed by atoms with van der Waals surface area (Å²) in [6.45, 7) is 2.02. The standard InChI is InChI=1S/C9H20O2SSi/c1-3-9(10)5-7-12-6-4-8-13-11-2/h9-10H,3-8H2,1-2H3. The lowest BCUT2D eigenvalue weighted by molar-refractivity contribution is 0.167. The Hall–Kier alpha value is 0.487. The smallest absolute Gasteiger partial charge is 0.229 e. The van der Waals surface area contributed by atoms with Crippen LogP contribution in [0.3, 0.4) is 0 Å². The molecule has 2 radical (unpaired) electrons. The first-order valence-electron chi connectivity index (χ1n) is 4.83. The van der Waals surface area contributed by atoms with E-state index in [1.165, 1.54) is 18.2 Å². The highest BCUT2D eigenvalue weighted by atomic mass is 32.2. The average molecular weight is 220 g/mol. The number of aliphatic hydroxyl groups excluding tert-OH is 1. The van der Waals surface area contributed by atoms with Gasteiger partial charge in [0, 0.05) is 7.11 Å². The van der Waals surface area contributed by atoms with E-state index in [9.17, 15) is 5.11 Å². The number of aliphatic hydroxyl groups is 1. The third-order valence-corrected chi connectivity index (χ3v) is 3.73. The molecule has 0 heterocycles. The number of rotatable bonds is 9. The highest BCUT2D eigenvalue weighted by Gasteiger charge is 1.99. The van der Waals surface area contributed by atoms with E-state index in [1.807, 2.05) is 18.7 Å². The molecule has 0 aromatic carbocycles. The van der Waals surface area contributed by atoms with E-state index in [1.54, 1.807) is 7.11 Å². The largest absolute Gasteiger partial charge is 0.421 e. The van der Waals surface area contributed by atoms with Gasteiger partial charge in [0.25, 0.3) is 0 Å². The molecule has 13 heavy (non-hydrogen) atoms. The molecular weight excluding hydrogens is 200 g/mol. The lowest BCUT2D eigenvalue weighted by Gasteiger charge is -2.06. The third kappa shape index (κ3) is 10.4. The van der Waals surface area contributed by atoms with Gasteiger partial charge in [0.15, 0.2) is 0 Å². The van der Waals surface area contributed by atoms with Crippen molar-refractivity contribution in [1.82, 2.24) is 0 Å². The SMILES string of the molecule is CCC(O)CCSCCC[Si]OC. The zero-order valence-corrected chi connectivity index (χ0v) is 10.4. The number of hydrogen-bond acceptors (Lipinski definition) is 3. The van der Waals surface area contributed by atoms with Crippen LogP contribution in [-0.2, 0) is 4.43 Å². The Labute approximate surface area is 88.4 Å². The van der Waals surface area contributed by atoms with Gasteiger partial charge in [0.2, 0.25) is 9.76 Å². The maximum Gasteiger partial charge on any atom is 0.229 e. The maximum atomic E-state index is 9.27. The summed E-state index contributed by atoms with van der Waals surface area (Å²) in [7, 11) is 2.41. The van der Waals surface area contributed by atoms with Crippen molar-refractivity contribution in [2.45, 2.75) is 38.3 Å². The molecule has 0 saturated heterocycles. The lowest BCUT2D eigenvalue weighted by Crippen LogP contribution is -2.05. The van der Waals surface area contributed by atoms with Crippen LogP contribution in [0.2, 0.25) is 6.04 Å². The fraction of sp³-hybridized carbons (Fsp3) is 1.00. The van der Waals surface area contributed by atoms with Gasteiger partial charge in [-0.15, -0.1) is 0 Å². The van der Waals surface area contributed by atoms with Crippen molar-refractivity contribution in [3.05, 3.63) is 0 Å². The molecule has 1 unspecified atom stereocenters. The Morgan fingerprint density at radius 2 is 2.23 bits per heavy atom. The van der Waals surface area contributed by atoms with E-state index >= 15 is 0 Å². The highest BCUT2D eigenvalue weighted by molar-refractivity contribution is 7.99. The van der Waals surface area contributed by atoms with Crippen LogP contribution in [0.5, 0.6) is 0 Å². The van der Waals surface area contributed by atoms with Gasteiger partial charge < -0.3 is 9.53 Å². The second-order valence-corrected chi connectivity index (χ2v) is 5.34. The minimum absolute atomic E-state index is 0.0895. The van der Waals surface area contributed by atoms with Crippen LogP contribution in [-0.4, -0.2) is 39.6 Å². The van der Waals surface area contributed by atoms with Crippen molar-refractivity contribution in [3.63, 3.8) is 0 Å². The van der Waals surface area contributed by atoms with Crippen LogP contribution in [0, 0.1) is 0 Å². The zero-order chi connectivity index (χ0) is 9.94. The first kappa shape index (κ1) is 13.5. The van der Waals surface area contributed by atoms with Crippen molar-refractivity contribution in [2.75, 3.05) is 18.6 Å². The van der Waals surface area contributed by atoms with Crippen LogP contribution in [0.15, 0.2) is 0 Å². The summed E-state index contributed by atoms with van der Waals surface area (Å²) in [4.78, 5) is 0. The molecule has 1 atom stereocenters. The van der Waals surface area contributed by atoms with E-state index in [2.05, 4.69) is 0 Å². The number of hydrogen-bond donors (Lipinski definition) is 1. The summed E-state index contributed by atoms with van der Waals surface area (Å²) in [5.74, 6) is 2.29. The van der Waals surface area contributed by atoms with Crippen LogP contribution < -0.4 is 0 Å². The molecule has 0 aromatic heterocycles. The second kappa shape index (κ2) is 10.6. The van der Waals surface area contributed by atoms with E-state index in [-0.39, 0.29) is 6.10 Å². The minimum atomic E-state index is -0.0895. The average Bonchev–Trinajstić information content (AvgIpc) is 2.16. The summed E-state index contributed by atoms with van der Waals surface area (Å²) in [6, 6.07) is 1.18. The van der Waals surface area contributed by atoms with Gasteiger partial charge in [-0.25, -0.2) is 0 Å². The molecule has 1 N–H and O–H groups in total. The van der Waals surface area contributed by atoms with Gasteiger partial charge in [-0.1, -0.05) is 6.92 Å². The predicted octanol–water partition coefficient (Wildman–Crippen LogP) is 1.95. The normalized spacial score (nSPS) is 13.2. The molecular formula is C9H20O2SSi. The van der Waals surface area contributed by atoms with Crippen molar-refractivity contribution in [3.8, 4) is 0 Å². The van der Waals surface area contributed by atoms with E-state index < -0.39 is 0 Å². The van der Waals surface area contributed by atoms with Crippen LogP contribution >= 0.6 is 11.8 Å². The Kier molecular flexibility index (Phi) is 11.0. The zero-order valence-electron chi connectivity index (χ0n) is 8.58. The van der Waals surface area contributed by atoms with Crippen molar-refractivity contribution in [1.29, 1.82) is 0 Å². The molecule has 2 nitrogen and oxygen atoms in total. The summed E-state index contributed by atoms with van der Waals surface area (Å²) in [6.07, 6.45) is 2.96. The third-order valence-electron chi connectivity index (χ3n) is 1.78. The van der Waals surface area contributed by atoms with Crippen LogP contribution in [0.25, 0.3) is 0 Å². The first-order valence-corrected chi connectivity index (χ1v) is 7.10. The fourth-order valence-electron chi connectivity index (χ4n) is 0.874. The van der Waals surface area contributed by atoms with Gasteiger partial charge in [-0.05, 0) is 36.8 Å². The van der Waals surface area contributed by atoms with E-state index in [4.69, 9.17) is 4.43 Å². The molecule has 0 aliphatic heterocycles. The van der Waals surface area contributed by atoms with Gasteiger partial charge >= 0.3 is 0 Å². The van der Waals surface area contributed by atoms with Crippen molar-refractivity contribution < 1.29 is 9.53 Å². The van der Waals surface area contributed by atoms with Crippen molar-refractivity contribution in [2.24, 2.45) is 0 Å². The second-order valence-electron chi connectivity index (χ2n) is 2.92. The van der Waals surface area contributed by atoms with Gasteiger partial charge in [0.05, 0.1) is 6.10 Å². The predicted molar refractivity (Wildman–Crippen MR) is 60.4 cm³/mol. The Bertz CT molecular complexity index is 104. The molecule has 0 aromatic rings. The van der Waals surface area contributed by atoms with Crippen LogP contribution in [0.1, 0.15) is 26.2 Å². The molecule has 0 aliphatic carbocycles. The molecule has 0 fully saturated rings. The monoisotopic (exact) mass is 220 g/mol. The van der Waals surface area contributed by atoms with E-state index in [0.717, 1.165) is 18.6 Å². The number of thioether (sulfide) groups is 1. The quantitative estimate of drug-likeness (QED) is 0.476. The summed E-state index contributed by atoms with van der Waals surface area (Å²) in [5.41, 5.74) is 0. The molecule has 0 spiro atoms. The maximum absolute atomic E-state index is 9.27. The topological polar surface area (TPSA) is 29.5 Å². The minimum Gasteiger partial charge on any atom is -0.421 e. The molecule has 0 amide bonds. The van der Waals surface area contributed by atoms with E-state index in [0.29, 0.717) is 9.76 Å². The summed E-state index contributed by atoms with van der Waals surface area (Å²) >= 11 is 1.94. The molecule has 0 bridgehead atoms. The Morgan fingerprint density at radius 3 is 2.85 bits per heavy atom. The fourth-order valence-corrected chi connectivity index (χ4v) is 2.65.